The molecule has 0 aliphatic carbocycles. The molecule has 0 bridgehead atoms. The van der Waals surface area contributed by atoms with E-state index in [0.717, 1.165) is 44.1 Å². The summed E-state index contributed by atoms with van der Waals surface area (Å²) in [6.07, 6.45) is 1.55. The van der Waals surface area contributed by atoms with Gasteiger partial charge in [-0.1, -0.05) is 36.7 Å². The van der Waals surface area contributed by atoms with Crippen LogP contribution in [-0.4, -0.2) is 60.9 Å². The van der Waals surface area contributed by atoms with Crippen LogP contribution in [0.25, 0.3) is 5.57 Å². The third-order valence-electron chi connectivity index (χ3n) is 5.93. The minimum atomic E-state index is -0.361. The van der Waals surface area contributed by atoms with Crippen LogP contribution in [0.1, 0.15) is 12.5 Å². The average Bonchev–Trinajstić information content (AvgIpc) is 3.05. The zero-order valence-corrected chi connectivity index (χ0v) is 18.9. The van der Waals surface area contributed by atoms with Crippen LogP contribution >= 0.6 is 11.6 Å². The number of carbonyl (C=O) groups is 2. The molecule has 0 unspecified atom stereocenters. The summed E-state index contributed by atoms with van der Waals surface area (Å²) in [5, 5.41) is 3.76. The fourth-order valence-electron chi connectivity index (χ4n) is 4.09. The number of benzene rings is 2. The predicted molar refractivity (Wildman–Crippen MR) is 130 cm³/mol. The number of imide groups is 1. The van der Waals surface area contributed by atoms with Gasteiger partial charge in [-0.15, -0.1) is 6.58 Å². The van der Waals surface area contributed by atoms with Crippen molar-refractivity contribution >= 4 is 40.4 Å². The van der Waals surface area contributed by atoms with E-state index in [1.807, 2.05) is 12.1 Å². The molecule has 2 heterocycles. The predicted octanol–water partition coefficient (Wildman–Crippen LogP) is 3.86. The second-order valence-electron chi connectivity index (χ2n) is 7.86. The van der Waals surface area contributed by atoms with E-state index in [-0.39, 0.29) is 24.1 Å². The fraction of sp³-hybridized carbons (Fsp3) is 0.280. The second-order valence-corrected chi connectivity index (χ2v) is 8.30. The Kier molecular flexibility index (Phi) is 6.63. The summed E-state index contributed by atoms with van der Waals surface area (Å²) in [5.41, 5.74) is 3.16. The molecular formula is C25H27ClN4O2. The molecular weight excluding hydrogens is 424 g/mol. The number of amides is 2. The number of likely N-dealkylation sites (N-methyl/N-ethyl adjacent to an activating group) is 1. The third-order valence-corrected chi connectivity index (χ3v) is 6.19. The number of piperazine rings is 1. The van der Waals surface area contributed by atoms with Gasteiger partial charge < -0.3 is 15.1 Å². The average molecular weight is 451 g/mol. The smallest absolute Gasteiger partial charge is 0.278 e. The number of nitrogens with zero attached hydrogens (tertiary/aromatic N) is 3. The first kappa shape index (κ1) is 22.1. The van der Waals surface area contributed by atoms with Gasteiger partial charge >= 0.3 is 0 Å². The lowest BCUT2D eigenvalue weighted by Crippen LogP contribution is -2.46. The number of halogens is 1. The van der Waals surface area contributed by atoms with Crippen LogP contribution in [0, 0.1) is 0 Å². The van der Waals surface area contributed by atoms with Gasteiger partial charge in [0.2, 0.25) is 0 Å². The Balaban J connectivity index is 1.58. The number of nitrogens with one attached hydrogen (secondary N) is 1. The topological polar surface area (TPSA) is 55.9 Å². The first-order chi connectivity index (χ1) is 15.5. The highest BCUT2D eigenvalue weighted by molar-refractivity contribution is 6.37. The Bertz CT molecular complexity index is 1040. The molecule has 2 aromatic rings. The van der Waals surface area contributed by atoms with Crippen LogP contribution < -0.4 is 10.2 Å². The molecule has 4 rings (SSSR count). The van der Waals surface area contributed by atoms with Crippen molar-refractivity contribution in [2.24, 2.45) is 0 Å². The number of hydrogen-bond donors (Lipinski definition) is 1. The molecule has 1 N–H and O–H groups in total. The monoisotopic (exact) mass is 450 g/mol. The van der Waals surface area contributed by atoms with Crippen LogP contribution in [0.3, 0.4) is 0 Å². The summed E-state index contributed by atoms with van der Waals surface area (Å²) in [4.78, 5) is 32.1. The summed E-state index contributed by atoms with van der Waals surface area (Å²) in [7, 11) is 0. The van der Waals surface area contributed by atoms with Crippen LogP contribution in [0.15, 0.2) is 66.9 Å². The van der Waals surface area contributed by atoms with Gasteiger partial charge in [0.25, 0.3) is 11.8 Å². The van der Waals surface area contributed by atoms with E-state index in [4.69, 9.17) is 11.6 Å². The lowest BCUT2D eigenvalue weighted by atomic mass is 10.0. The molecule has 6 nitrogen and oxygen atoms in total. The number of carbonyl (C=O) groups excluding carboxylic acids is 2. The van der Waals surface area contributed by atoms with Gasteiger partial charge in [0, 0.05) is 49.1 Å². The molecule has 2 aliphatic heterocycles. The van der Waals surface area contributed by atoms with Gasteiger partial charge in [0.1, 0.15) is 5.70 Å². The zero-order valence-electron chi connectivity index (χ0n) is 18.2. The molecule has 32 heavy (non-hydrogen) atoms. The van der Waals surface area contributed by atoms with E-state index >= 15 is 0 Å². The first-order valence-electron chi connectivity index (χ1n) is 10.8. The van der Waals surface area contributed by atoms with E-state index in [0.29, 0.717) is 16.2 Å². The maximum atomic E-state index is 13.0. The van der Waals surface area contributed by atoms with E-state index in [9.17, 15) is 9.59 Å². The SMILES string of the molecule is C=CCN1C(=O)C(Nc2ccc(N3CCN(CC)CC3)cc2)=C(c2ccc(Cl)cc2)C1=O. The normalized spacial score (nSPS) is 17.3. The van der Waals surface area contributed by atoms with E-state index in [1.54, 1.807) is 30.3 Å². The Morgan fingerprint density at radius 1 is 0.969 bits per heavy atom. The van der Waals surface area contributed by atoms with Crippen LogP contribution in [0.5, 0.6) is 0 Å². The van der Waals surface area contributed by atoms with Crippen molar-refractivity contribution in [1.29, 1.82) is 0 Å². The molecule has 2 aromatic carbocycles. The molecule has 2 amide bonds. The summed E-state index contributed by atoms with van der Waals surface area (Å²) in [6, 6.07) is 14.9. The summed E-state index contributed by atoms with van der Waals surface area (Å²) in [5.74, 6) is -0.704. The molecule has 2 aliphatic rings. The lowest BCUT2D eigenvalue weighted by molar-refractivity contribution is -0.136. The minimum absolute atomic E-state index is 0.155. The van der Waals surface area contributed by atoms with Crippen LogP contribution in [0.2, 0.25) is 5.02 Å². The lowest BCUT2D eigenvalue weighted by Gasteiger charge is -2.35. The second kappa shape index (κ2) is 9.59. The van der Waals surface area contributed by atoms with Crippen molar-refractivity contribution < 1.29 is 9.59 Å². The molecule has 1 saturated heterocycles. The van der Waals surface area contributed by atoms with Gasteiger partial charge in [-0.2, -0.15) is 0 Å². The molecule has 0 spiro atoms. The molecule has 7 heteroatoms. The maximum Gasteiger partial charge on any atom is 0.278 e. The molecule has 0 aromatic heterocycles. The molecule has 0 saturated carbocycles. The summed E-state index contributed by atoms with van der Waals surface area (Å²) >= 11 is 6.01. The number of anilines is 2. The van der Waals surface area contributed by atoms with Gasteiger partial charge in [-0.05, 0) is 48.5 Å². The Morgan fingerprint density at radius 3 is 2.22 bits per heavy atom. The highest BCUT2D eigenvalue weighted by Gasteiger charge is 2.38. The quantitative estimate of drug-likeness (QED) is 0.512. The first-order valence-corrected chi connectivity index (χ1v) is 11.2. The Labute approximate surface area is 193 Å². The third kappa shape index (κ3) is 4.42. The molecule has 166 valence electrons. The Morgan fingerprint density at radius 2 is 1.62 bits per heavy atom. The van der Waals surface area contributed by atoms with Gasteiger partial charge in [-0.3, -0.25) is 14.5 Å². The van der Waals surface area contributed by atoms with E-state index in [2.05, 4.69) is 40.8 Å². The fourth-order valence-corrected chi connectivity index (χ4v) is 4.22. The molecule has 1 fully saturated rings. The van der Waals surface area contributed by atoms with Gasteiger partial charge in [-0.25, -0.2) is 0 Å². The van der Waals surface area contributed by atoms with Crippen molar-refractivity contribution in [3.63, 3.8) is 0 Å². The van der Waals surface area contributed by atoms with Crippen LogP contribution in [-0.2, 0) is 9.59 Å². The number of hydrogen-bond acceptors (Lipinski definition) is 5. The standard InChI is InChI=1S/C25H27ClN4O2/c1-3-13-30-24(31)22(18-5-7-19(26)8-6-18)23(25(30)32)27-20-9-11-21(12-10-20)29-16-14-28(4-2)15-17-29/h3,5-12,27H,1,4,13-17H2,2H3. The zero-order chi connectivity index (χ0) is 22.7. The van der Waals surface area contributed by atoms with Crippen molar-refractivity contribution in [2.75, 3.05) is 49.5 Å². The van der Waals surface area contributed by atoms with Crippen molar-refractivity contribution in [1.82, 2.24) is 9.80 Å². The number of rotatable bonds is 7. The Hall–Kier alpha value is -3.09. The highest BCUT2D eigenvalue weighted by atomic mass is 35.5. The van der Waals surface area contributed by atoms with Crippen LogP contribution in [0.4, 0.5) is 11.4 Å². The van der Waals surface area contributed by atoms with E-state index in [1.165, 1.54) is 4.90 Å². The van der Waals surface area contributed by atoms with Crippen molar-refractivity contribution in [2.45, 2.75) is 6.92 Å². The highest BCUT2D eigenvalue weighted by Crippen LogP contribution is 2.31. The van der Waals surface area contributed by atoms with Crippen molar-refractivity contribution in [3.8, 4) is 0 Å². The van der Waals surface area contributed by atoms with Crippen molar-refractivity contribution in [3.05, 3.63) is 77.5 Å². The van der Waals surface area contributed by atoms with Gasteiger partial charge in [0.05, 0.1) is 5.57 Å². The maximum absolute atomic E-state index is 13.0. The minimum Gasteiger partial charge on any atom is -0.369 e. The van der Waals surface area contributed by atoms with E-state index < -0.39 is 0 Å². The molecule has 0 atom stereocenters. The van der Waals surface area contributed by atoms with Gasteiger partial charge in [0.15, 0.2) is 0 Å². The largest absolute Gasteiger partial charge is 0.369 e. The summed E-state index contributed by atoms with van der Waals surface area (Å²) in [6.45, 7) is 11.2. The summed E-state index contributed by atoms with van der Waals surface area (Å²) < 4.78 is 0. The molecule has 0 radical (unpaired) electrons.